The van der Waals surface area contributed by atoms with E-state index in [0.717, 1.165) is 0 Å². The van der Waals surface area contributed by atoms with Crippen LogP contribution >= 0.6 is 11.6 Å². The fourth-order valence-corrected chi connectivity index (χ4v) is 3.58. The molecule has 1 aromatic heterocycles. The predicted molar refractivity (Wildman–Crippen MR) is 106 cm³/mol. The zero-order valence-corrected chi connectivity index (χ0v) is 16.8. The number of methoxy groups -OCH3 is 2. The van der Waals surface area contributed by atoms with Crippen LogP contribution in [-0.2, 0) is 6.42 Å². The molecular formula is C20H21ClN2O5. The molecule has 2 N–H and O–H groups in total. The van der Waals surface area contributed by atoms with E-state index in [4.69, 9.17) is 21.1 Å². The van der Waals surface area contributed by atoms with Crippen molar-refractivity contribution in [2.75, 3.05) is 19.5 Å². The molecule has 0 saturated heterocycles. The summed E-state index contributed by atoms with van der Waals surface area (Å²) >= 11 is 6.12. The minimum atomic E-state index is -0.666. The largest absolute Gasteiger partial charge is 0.495 e. The molecule has 8 heteroatoms. The van der Waals surface area contributed by atoms with Gasteiger partial charge in [-0.3, -0.25) is 14.4 Å². The van der Waals surface area contributed by atoms with Crippen molar-refractivity contribution in [1.82, 2.24) is 4.98 Å². The van der Waals surface area contributed by atoms with Crippen LogP contribution in [0.3, 0.4) is 0 Å². The Morgan fingerprint density at radius 3 is 2.43 bits per heavy atom. The van der Waals surface area contributed by atoms with E-state index in [1.54, 1.807) is 0 Å². The number of Topliss-reactive ketones (excluding diaryl/α,β-unsaturated/α-hetero) is 1. The van der Waals surface area contributed by atoms with Gasteiger partial charge < -0.3 is 19.8 Å². The monoisotopic (exact) mass is 404 g/mol. The molecule has 1 aromatic carbocycles. The highest BCUT2D eigenvalue weighted by Gasteiger charge is 2.32. The van der Waals surface area contributed by atoms with Gasteiger partial charge in [0.2, 0.25) is 0 Å². The van der Waals surface area contributed by atoms with Crippen molar-refractivity contribution in [1.29, 1.82) is 0 Å². The summed E-state index contributed by atoms with van der Waals surface area (Å²) in [6, 6.07) is 4.36. The molecule has 28 heavy (non-hydrogen) atoms. The van der Waals surface area contributed by atoms with E-state index in [1.165, 1.54) is 32.4 Å². The maximum Gasteiger partial charge on any atom is 0.261 e. The predicted octanol–water partition coefficient (Wildman–Crippen LogP) is 3.45. The van der Waals surface area contributed by atoms with Gasteiger partial charge in [-0.05, 0) is 24.0 Å². The summed E-state index contributed by atoms with van der Waals surface area (Å²) in [5.41, 5.74) is 0.282. The van der Waals surface area contributed by atoms with Gasteiger partial charge in [0, 0.05) is 23.7 Å². The molecule has 0 atom stereocenters. The number of amides is 1. The topological polar surface area (TPSA) is 97.5 Å². The van der Waals surface area contributed by atoms with Crippen LogP contribution in [-0.4, -0.2) is 30.9 Å². The van der Waals surface area contributed by atoms with Crippen molar-refractivity contribution >= 4 is 29.0 Å². The van der Waals surface area contributed by atoms with E-state index >= 15 is 0 Å². The Bertz CT molecular complexity index is 1030. The van der Waals surface area contributed by atoms with Gasteiger partial charge in [0.25, 0.3) is 11.5 Å². The average Bonchev–Trinajstić information content (AvgIpc) is 2.60. The van der Waals surface area contributed by atoms with Crippen molar-refractivity contribution in [2.45, 2.75) is 26.7 Å². The highest BCUT2D eigenvalue weighted by Crippen LogP contribution is 2.36. The Morgan fingerprint density at radius 1 is 1.11 bits per heavy atom. The fourth-order valence-electron chi connectivity index (χ4n) is 3.34. The number of H-pyrrole nitrogens is 1. The van der Waals surface area contributed by atoms with Gasteiger partial charge in [-0.25, -0.2) is 0 Å². The molecule has 0 radical (unpaired) electrons. The third kappa shape index (κ3) is 3.75. The number of carbonyl (C=O) groups is 2. The standard InChI is InChI=1S/C20H21ClN2O5/c1-20(2)8-14-10(15(24)9-20)5-11(19(26)23-14)18(25)22-13-6-12(21)16(27-3)7-17(13)28-4/h5-7H,8-9H2,1-4H3,(H,22,25)(H,23,26). The van der Waals surface area contributed by atoms with Crippen molar-refractivity contribution in [3.63, 3.8) is 0 Å². The van der Waals surface area contributed by atoms with Gasteiger partial charge in [-0.2, -0.15) is 0 Å². The second kappa shape index (κ2) is 7.31. The van der Waals surface area contributed by atoms with Gasteiger partial charge in [-0.15, -0.1) is 0 Å². The van der Waals surface area contributed by atoms with E-state index in [9.17, 15) is 14.4 Å². The lowest BCUT2D eigenvalue weighted by molar-refractivity contribution is 0.0910. The Kier molecular flexibility index (Phi) is 5.21. The van der Waals surface area contributed by atoms with Gasteiger partial charge in [0.15, 0.2) is 5.78 Å². The fraction of sp³-hybridized carbons (Fsp3) is 0.350. The summed E-state index contributed by atoms with van der Waals surface area (Å²) in [6.45, 7) is 3.93. The summed E-state index contributed by atoms with van der Waals surface area (Å²) in [5, 5.41) is 2.89. The highest BCUT2D eigenvalue weighted by atomic mass is 35.5. The summed E-state index contributed by atoms with van der Waals surface area (Å²) in [7, 11) is 2.90. The Hall–Kier alpha value is -2.80. The molecule has 2 aromatic rings. The first-order valence-electron chi connectivity index (χ1n) is 8.67. The van der Waals surface area contributed by atoms with Gasteiger partial charge in [0.1, 0.15) is 17.1 Å². The number of pyridine rings is 1. The van der Waals surface area contributed by atoms with Gasteiger partial charge in [-0.1, -0.05) is 25.4 Å². The lowest BCUT2D eigenvalue weighted by atomic mass is 9.75. The molecule has 1 aliphatic carbocycles. The number of fused-ring (bicyclic) bond motifs is 1. The molecule has 7 nitrogen and oxygen atoms in total. The molecule has 0 aliphatic heterocycles. The van der Waals surface area contributed by atoms with Crippen LogP contribution in [0.5, 0.6) is 11.5 Å². The molecule has 1 aliphatic rings. The van der Waals surface area contributed by atoms with Crippen LogP contribution in [0.4, 0.5) is 5.69 Å². The number of carbonyl (C=O) groups excluding carboxylic acids is 2. The van der Waals surface area contributed by atoms with Crippen LogP contribution < -0.4 is 20.3 Å². The highest BCUT2D eigenvalue weighted by molar-refractivity contribution is 6.32. The molecule has 1 heterocycles. The number of benzene rings is 1. The molecule has 148 valence electrons. The molecular weight excluding hydrogens is 384 g/mol. The molecule has 0 unspecified atom stereocenters. The number of aromatic nitrogens is 1. The van der Waals surface area contributed by atoms with E-state index in [1.807, 2.05) is 13.8 Å². The van der Waals surface area contributed by atoms with Crippen LogP contribution in [0, 0.1) is 5.41 Å². The number of anilines is 1. The number of hydrogen-bond donors (Lipinski definition) is 2. The summed E-state index contributed by atoms with van der Waals surface area (Å²) < 4.78 is 10.4. The average molecular weight is 405 g/mol. The maximum absolute atomic E-state index is 12.7. The quantitative estimate of drug-likeness (QED) is 0.813. The van der Waals surface area contributed by atoms with Crippen LogP contribution in [0.1, 0.15) is 46.7 Å². The van der Waals surface area contributed by atoms with E-state index in [-0.39, 0.29) is 27.5 Å². The van der Waals surface area contributed by atoms with Gasteiger partial charge >= 0.3 is 0 Å². The van der Waals surface area contributed by atoms with Gasteiger partial charge in [0.05, 0.1) is 24.9 Å². The lowest BCUT2D eigenvalue weighted by Gasteiger charge is -2.29. The second-order valence-corrected chi connectivity index (χ2v) is 7.89. The maximum atomic E-state index is 12.7. The molecule has 0 spiro atoms. The Morgan fingerprint density at radius 2 is 1.79 bits per heavy atom. The first kappa shape index (κ1) is 19.9. The number of ether oxygens (including phenoxy) is 2. The van der Waals surface area contributed by atoms with Crippen molar-refractivity contribution in [3.05, 3.63) is 50.4 Å². The number of halogens is 1. The Labute approximate surface area is 167 Å². The number of aromatic amines is 1. The number of ketones is 1. The second-order valence-electron chi connectivity index (χ2n) is 7.49. The minimum Gasteiger partial charge on any atom is -0.495 e. The minimum absolute atomic E-state index is 0.0957. The Balaban J connectivity index is 1.97. The van der Waals surface area contributed by atoms with Crippen LogP contribution in [0.25, 0.3) is 0 Å². The number of rotatable bonds is 4. The van der Waals surface area contributed by atoms with Crippen molar-refractivity contribution < 1.29 is 19.1 Å². The molecule has 0 saturated carbocycles. The third-order valence-corrected chi connectivity index (χ3v) is 4.98. The van der Waals surface area contributed by atoms with Crippen molar-refractivity contribution in [2.24, 2.45) is 5.41 Å². The van der Waals surface area contributed by atoms with E-state index < -0.39 is 11.5 Å². The number of nitrogens with one attached hydrogen (secondary N) is 2. The SMILES string of the molecule is COc1cc(OC)c(NC(=O)c2cc3c([nH]c2=O)CC(C)(C)CC3=O)cc1Cl. The lowest BCUT2D eigenvalue weighted by Crippen LogP contribution is -2.32. The number of hydrogen-bond acceptors (Lipinski definition) is 5. The molecule has 1 amide bonds. The first-order chi connectivity index (χ1) is 13.1. The van der Waals surface area contributed by atoms with E-state index in [2.05, 4.69) is 10.3 Å². The zero-order chi connectivity index (χ0) is 20.6. The molecule has 0 fully saturated rings. The smallest absolute Gasteiger partial charge is 0.261 e. The summed E-state index contributed by atoms with van der Waals surface area (Å²) in [4.78, 5) is 40.3. The molecule has 0 bridgehead atoms. The molecule has 3 rings (SSSR count). The third-order valence-electron chi connectivity index (χ3n) is 4.68. The first-order valence-corrected chi connectivity index (χ1v) is 9.05. The summed E-state index contributed by atoms with van der Waals surface area (Å²) in [5.74, 6) is -0.0546. The van der Waals surface area contributed by atoms with Crippen LogP contribution in [0.2, 0.25) is 5.02 Å². The zero-order valence-electron chi connectivity index (χ0n) is 16.1. The van der Waals surface area contributed by atoms with Crippen LogP contribution in [0.15, 0.2) is 23.0 Å². The van der Waals surface area contributed by atoms with E-state index in [0.29, 0.717) is 35.6 Å². The summed E-state index contributed by atoms with van der Waals surface area (Å²) in [6.07, 6.45) is 0.919. The van der Waals surface area contributed by atoms with Crippen molar-refractivity contribution in [3.8, 4) is 11.5 Å². The normalized spacial score (nSPS) is 15.0.